The van der Waals surface area contributed by atoms with Crippen LogP contribution >= 0.6 is 11.6 Å². The molecule has 140 valence electrons. The molecule has 0 fully saturated rings. The highest BCUT2D eigenvalue weighted by Gasteiger charge is 2.38. The second-order valence-corrected chi connectivity index (χ2v) is 6.76. The lowest BCUT2D eigenvalue weighted by Crippen LogP contribution is -2.48. The third-order valence-corrected chi connectivity index (χ3v) is 5.01. The molecule has 1 aliphatic heterocycles. The molecule has 0 saturated carbocycles. The number of pyridine rings is 1. The van der Waals surface area contributed by atoms with Crippen molar-refractivity contribution in [2.75, 3.05) is 12.4 Å². The molecule has 2 aromatic rings. The van der Waals surface area contributed by atoms with Crippen molar-refractivity contribution in [1.82, 2.24) is 9.88 Å². The fourth-order valence-electron chi connectivity index (χ4n) is 3.03. The second kappa shape index (κ2) is 7.36. The Morgan fingerprint density at radius 3 is 2.81 bits per heavy atom. The molecule has 3 rings (SSSR count). The predicted molar refractivity (Wildman–Crippen MR) is 105 cm³/mol. The molecule has 7 nitrogen and oxygen atoms in total. The maximum Gasteiger partial charge on any atom is 0.275 e. The summed E-state index contributed by atoms with van der Waals surface area (Å²) in [7, 11) is 1.61. The zero-order valence-electron chi connectivity index (χ0n) is 15.1. The zero-order chi connectivity index (χ0) is 19.6. The summed E-state index contributed by atoms with van der Waals surface area (Å²) in [5.41, 5.74) is 6.69. The maximum atomic E-state index is 12.5. The van der Waals surface area contributed by atoms with E-state index in [9.17, 15) is 9.59 Å². The Morgan fingerprint density at radius 2 is 2.15 bits per heavy atom. The summed E-state index contributed by atoms with van der Waals surface area (Å²) >= 11 is 6.03. The first-order valence-corrected chi connectivity index (χ1v) is 8.88. The lowest BCUT2D eigenvalue weighted by Gasteiger charge is -2.36. The number of halogens is 1. The summed E-state index contributed by atoms with van der Waals surface area (Å²) < 4.78 is 0. The van der Waals surface area contributed by atoms with E-state index < -0.39 is 11.4 Å². The van der Waals surface area contributed by atoms with E-state index in [0.29, 0.717) is 12.1 Å². The topological polar surface area (TPSA) is 101 Å². The standard InChI is InChI=1S/C19H20ClN5O2/c1-3-19(11-15(26)25(2)18(21)24-19)12-6-4-7-13(10-12)23-17(27)16-14(20)8-5-9-22-16/h4-10H,3,11H2,1-2H3,(H2,21,24)(H,23,27)/t19-/m0/s1. The lowest BCUT2D eigenvalue weighted by molar-refractivity contribution is -0.128. The van der Waals surface area contributed by atoms with Gasteiger partial charge >= 0.3 is 0 Å². The van der Waals surface area contributed by atoms with Crippen molar-refractivity contribution in [1.29, 1.82) is 0 Å². The van der Waals surface area contributed by atoms with Crippen LogP contribution in [0.2, 0.25) is 5.02 Å². The molecule has 0 radical (unpaired) electrons. The Hall–Kier alpha value is -2.93. The Labute approximate surface area is 162 Å². The molecule has 0 saturated heterocycles. The Morgan fingerprint density at radius 1 is 1.37 bits per heavy atom. The van der Waals surface area contributed by atoms with Crippen LogP contribution in [0.5, 0.6) is 0 Å². The molecule has 0 bridgehead atoms. The zero-order valence-corrected chi connectivity index (χ0v) is 15.8. The average Bonchev–Trinajstić information content (AvgIpc) is 2.66. The third kappa shape index (κ3) is 3.64. The summed E-state index contributed by atoms with van der Waals surface area (Å²) in [5.74, 6) is -0.326. The number of carbonyl (C=O) groups is 2. The number of hydrogen-bond acceptors (Lipinski definition) is 5. The van der Waals surface area contributed by atoms with Crippen LogP contribution in [0.15, 0.2) is 47.6 Å². The molecule has 3 N–H and O–H groups in total. The molecule has 2 amide bonds. The highest BCUT2D eigenvalue weighted by Crippen LogP contribution is 2.37. The number of guanidine groups is 1. The quantitative estimate of drug-likeness (QED) is 0.844. The van der Waals surface area contributed by atoms with Crippen LogP contribution in [0.4, 0.5) is 5.69 Å². The molecule has 1 aliphatic rings. The minimum absolute atomic E-state index is 0.0981. The number of nitrogens with two attached hydrogens (primary N) is 1. The fourth-order valence-corrected chi connectivity index (χ4v) is 3.24. The van der Waals surface area contributed by atoms with E-state index in [1.165, 1.54) is 11.1 Å². The van der Waals surface area contributed by atoms with Gasteiger partial charge in [0, 0.05) is 18.9 Å². The molecule has 0 unspecified atom stereocenters. The fraction of sp³-hybridized carbons (Fsp3) is 0.263. The van der Waals surface area contributed by atoms with Gasteiger partial charge in [-0.3, -0.25) is 14.5 Å². The number of nitrogens with zero attached hydrogens (tertiary/aromatic N) is 3. The monoisotopic (exact) mass is 385 g/mol. The first-order valence-electron chi connectivity index (χ1n) is 8.50. The van der Waals surface area contributed by atoms with E-state index in [1.54, 1.807) is 37.4 Å². The largest absolute Gasteiger partial charge is 0.369 e. The van der Waals surface area contributed by atoms with Gasteiger partial charge in [-0.05, 0) is 36.2 Å². The van der Waals surface area contributed by atoms with Crippen molar-refractivity contribution in [3.8, 4) is 0 Å². The first-order chi connectivity index (χ1) is 12.9. The predicted octanol–water partition coefficient (Wildman–Crippen LogP) is 2.77. The van der Waals surface area contributed by atoms with Crippen LogP contribution in [0.1, 0.15) is 35.8 Å². The number of carbonyl (C=O) groups excluding carboxylic acids is 2. The van der Waals surface area contributed by atoms with Gasteiger partial charge in [0.2, 0.25) is 5.91 Å². The van der Waals surface area contributed by atoms with Crippen molar-refractivity contribution in [2.24, 2.45) is 10.7 Å². The number of anilines is 1. The van der Waals surface area contributed by atoms with Gasteiger partial charge in [-0.2, -0.15) is 0 Å². The summed E-state index contributed by atoms with van der Waals surface area (Å²) in [5, 5.41) is 3.06. The third-order valence-electron chi connectivity index (χ3n) is 4.71. The lowest BCUT2D eigenvalue weighted by atomic mass is 9.83. The van der Waals surface area contributed by atoms with E-state index >= 15 is 0 Å². The highest BCUT2D eigenvalue weighted by molar-refractivity contribution is 6.34. The minimum atomic E-state index is -0.753. The molecule has 8 heteroatoms. The van der Waals surface area contributed by atoms with Gasteiger partial charge in [-0.25, -0.2) is 9.98 Å². The van der Waals surface area contributed by atoms with Crippen molar-refractivity contribution in [2.45, 2.75) is 25.3 Å². The van der Waals surface area contributed by atoms with E-state index in [0.717, 1.165) is 5.56 Å². The Kier molecular flexibility index (Phi) is 5.14. The number of amides is 2. The van der Waals surface area contributed by atoms with Crippen LogP contribution < -0.4 is 11.1 Å². The second-order valence-electron chi connectivity index (χ2n) is 6.35. The Balaban J connectivity index is 1.92. The van der Waals surface area contributed by atoms with Crippen molar-refractivity contribution in [3.05, 3.63) is 58.9 Å². The molecule has 2 heterocycles. The highest BCUT2D eigenvalue weighted by atomic mass is 35.5. The SMILES string of the molecule is CC[C@@]1(c2cccc(NC(=O)c3ncccc3Cl)c2)CC(=O)N(C)C(N)=N1. The van der Waals surface area contributed by atoms with Gasteiger partial charge in [0.25, 0.3) is 5.91 Å². The van der Waals surface area contributed by atoms with Crippen LogP contribution in [-0.4, -0.2) is 34.7 Å². The normalized spacial score (nSPS) is 19.6. The van der Waals surface area contributed by atoms with E-state index in [4.69, 9.17) is 17.3 Å². The number of rotatable bonds is 4. The van der Waals surface area contributed by atoms with Crippen molar-refractivity contribution in [3.63, 3.8) is 0 Å². The van der Waals surface area contributed by atoms with Crippen LogP contribution in [0.25, 0.3) is 0 Å². The first kappa shape index (κ1) is 18.8. The molecule has 1 atom stereocenters. The number of nitrogens with one attached hydrogen (secondary N) is 1. The van der Waals surface area contributed by atoms with E-state index in [-0.39, 0.29) is 29.0 Å². The molecular formula is C19H20ClN5O2. The van der Waals surface area contributed by atoms with Gasteiger partial charge < -0.3 is 11.1 Å². The van der Waals surface area contributed by atoms with Gasteiger partial charge in [-0.15, -0.1) is 0 Å². The molecule has 1 aromatic carbocycles. The summed E-state index contributed by atoms with van der Waals surface area (Å²) in [4.78, 5) is 34.7. The average molecular weight is 386 g/mol. The summed E-state index contributed by atoms with van der Waals surface area (Å²) in [6.45, 7) is 1.95. The van der Waals surface area contributed by atoms with Crippen LogP contribution in [-0.2, 0) is 10.3 Å². The molecule has 27 heavy (non-hydrogen) atoms. The van der Waals surface area contributed by atoms with Gasteiger partial charge in [0.05, 0.1) is 17.0 Å². The molecular weight excluding hydrogens is 366 g/mol. The van der Waals surface area contributed by atoms with Crippen molar-refractivity contribution >= 4 is 35.1 Å². The van der Waals surface area contributed by atoms with Crippen LogP contribution in [0.3, 0.4) is 0 Å². The number of benzene rings is 1. The molecule has 0 aliphatic carbocycles. The minimum Gasteiger partial charge on any atom is -0.369 e. The summed E-state index contributed by atoms with van der Waals surface area (Å²) in [6.07, 6.45) is 2.31. The number of aliphatic imine (C=N–C) groups is 1. The van der Waals surface area contributed by atoms with E-state index in [2.05, 4.69) is 15.3 Å². The summed E-state index contributed by atoms with van der Waals surface area (Å²) in [6, 6.07) is 10.5. The number of aromatic nitrogens is 1. The smallest absolute Gasteiger partial charge is 0.275 e. The maximum absolute atomic E-state index is 12.5. The van der Waals surface area contributed by atoms with Gasteiger partial charge in [0.1, 0.15) is 5.69 Å². The molecule has 1 aromatic heterocycles. The van der Waals surface area contributed by atoms with Gasteiger partial charge in [-0.1, -0.05) is 30.7 Å². The van der Waals surface area contributed by atoms with Crippen LogP contribution in [0, 0.1) is 0 Å². The number of hydrogen-bond donors (Lipinski definition) is 2. The van der Waals surface area contributed by atoms with Gasteiger partial charge in [0.15, 0.2) is 5.96 Å². The van der Waals surface area contributed by atoms with Crippen molar-refractivity contribution < 1.29 is 9.59 Å². The Bertz CT molecular complexity index is 930. The molecule has 0 spiro atoms. The van der Waals surface area contributed by atoms with E-state index in [1.807, 2.05) is 13.0 Å².